The van der Waals surface area contributed by atoms with Gasteiger partial charge in [-0.15, -0.1) is 0 Å². The molecule has 0 unspecified atom stereocenters. The molecule has 5 heteroatoms. The number of nitrogens with zero attached hydrogens (tertiary/aromatic N) is 2. The Hall–Kier alpha value is -2.43. The summed E-state index contributed by atoms with van der Waals surface area (Å²) in [6, 6.07) is 4.24. The van der Waals surface area contributed by atoms with Gasteiger partial charge in [0.25, 0.3) is 0 Å². The van der Waals surface area contributed by atoms with Gasteiger partial charge in [-0.05, 0) is 25.1 Å². The number of imidazole rings is 1. The minimum atomic E-state index is -0.343. The SMILES string of the molecule is Cc1c(C(=O)Cc2nccn2C)oc2ccc(F)cc12. The van der Waals surface area contributed by atoms with Gasteiger partial charge in [-0.1, -0.05) is 0 Å². The van der Waals surface area contributed by atoms with Gasteiger partial charge in [-0.2, -0.15) is 0 Å². The minimum absolute atomic E-state index is 0.159. The number of hydrogen-bond acceptors (Lipinski definition) is 3. The first kappa shape index (κ1) is 12.6. The number of rotatable bonds is 3. The Labute approximate surface area is 114 Å². The molecule has 0 fully saturated rings. The fourth-order valence-electron chi connectivity index (χ4n) is 2.25. The lowest BCUT2D eigenvalue weighted by molar-refractivity contribution is 0.0964. The Morgan fingerprint density at radius 3 is 2.95 bits per heavy atom. The van der Waals surface area contributed by atoms with Gasteiger partial charge in [0, 0.05) is 30.4 Å². The normalized spacial score (nSPS) is 11.2. The van der Waals surface area contributed by atoms with Gasteiger partial charge in [-0.3, -0.25) is 4.79 Å². The van der Waals surface area contributed by atoms with E-state index in [1.807, 2.05) is 7.05 Å². The molecule has 0 radical (unpaired) electrons. The van der Waals surface area contributed by atoms with Crippen LogP contribution in [0, 0.1) is 12.7 Å². The van der Waals surface area contributed by atoms with Crippen molar-refractivity contribution in [1.29, 1.82) is 0 Å². The number of hydrogen-bond donors (Lipinski definition) is 0. The molecule has 0 aliphatic rings. The molecule has 0 aliphatic heterocycles. The van der Waals surface area contributed by atoms with Crippen LogP contribution in [-0.4, -0.2) is 15.3 Å². The van der Waals surface area contributed by atoms with E-state index in [-0.39, 0.29) is 23.8 Å². The molecule has 0 aliphatic carbocycles. The summed E-state index contributed by atoms with van der Waals surface area (Å²) in [4.78, 5) is 16.4. The van der Waals surface area contributed by atoms with Crippen LogP contribution in [0.1, 0.15) is 21.9 Å². The lowest BCUT2D eigenvalue weighted by Gasteiger charge is -2.00. The van der Waals surface area contributed by atoms with Gasteiger partial charge in [0.15, 0.2) is 5.76 Å². The van der Waals surface area contributed by atoms with Crippen LogP contribution < -0.4 is 0 Å². The van der Waals surface area contributed by atoms with Crippen LogP contribution >= 0.6 is 0 Å². The fourth-order valence-corrected chi connectivity index (χ4v) is 2.25. The maximum atomic E-state index is 13.2. The van der Waals surface area contributed by atoms with Crippen molar-refractivity contribution in [2.75, 3.05) is 0 Å². The standard InChI is InChI=1S/C15H13FN2O2/c1-9-11-7-10(16)3-4-13(11)20-15(9)12(19)8-14-17-5-6-18(14)2/h3-7H,8H2,1-2H3. The monoisotopic (exact) mass is 272 g/mol. The number of aryl methyl sites for hydroxylation is 2. The van der Waals surface area contributed by atoms with Gasteiger partial charge >= 0.3 is 0 Å². The van der Waals surface area contributed by atoms with E-state index in [0.29, 0.717) is 22.4 Å². The minimum Gasteiger partial charge on any atom is -0.453 e. The quantitative estimate of drug-likeness (QED) is 0.688. The number of furan rings is 1. The Morgan fingerprint density at radius 2 is 2.25 bits per heavy atom. The van der Waals surface area contributed by atoms with Crippen molar-refractivity contribution in [2.45, 2.75) is 13.3 Å². The third-order valence-corrected chi connectivity index (χ3v) is 3.39. The molecule has 3 aromatic rings. The smallest absolute Gasteiger partial charge is 0.205 e. The number of halogens is 1. The first-order valence-electron chi connectivity index (χ1n) is 6.24. The Balaban J connectivity index is 2.00. The molecule has 0 saturated heterocycles. The summed E-state index contributed by atoms with van der Waals surface area (Å²) in [6.45, 7) is 1.76. The molecule has 0 saturated carbocycles. The van der Waals surface area contributed by atoms with Crippen molar-refractivity contribution < 1.29 is 13.6 Å². The number of carbonyl (C=O) groups is 1. The number of fused-ring (bicyclic) bond motifs is 1. The van der Waals surface area contributed by atoms with Gasteiger partial charge < -0.3 is 8.98 Å². The van der Waals surface area contributed by atoms with Crippen molar-refractivity contribution >= 4 is 16.8 Å². The lowest BCUT2D eigenvalue weighted by Crippen LogP contribution is -2.08. The third-order valence-electron chi connectivity index (χ3n) is 3.39. The van der Waals surface area contributed by atoms with E-state index in [0.717, 1.165) is 0 Å². The number of aromatic nitrogens is 2. The second-order valence-corrected chi connectivity index (χ2v) is 4.75. The Bertz CT molecular complexity index is 801. The molecule has 20 heavy (non-hydrogen) atoms. The number of Topliss-reactive ketones (excluding diaryl/α,β-unsaturated/α-hetero) is 1. The topological polar surface area (TPSA) is 48.0 Å². The van der Waals surface area contributed by atoms with E-state index in [1.54, 1.807) is 23.9 Å². The maximum absolute atomic E-state index is 13.2. The summed E-state index contributed by atoms with van der Waals surface area (Å²) >= 11 is 0. The largest absolute Gasteiger partial charge is 0.453 e. The number of carbonyl (C=O) groups excluding carboxylic acids is 1. The molecule has 3 rings (SSSR count). The van der Waals surface area contributed by atoms with Crippen molar-refractivity contribution in [3.63, 3.8) is 0 Å². The van der Waals surface area contributed by atoms with Crippen LogP contribution in [0.3, 0.4) is 0 Å². The van der Waals surface area contributed by atoms with E-state index in [2.05, 4.69) is 4.98 Å². The maximum Gasteiger partial charge on any atom is 0.205 e. The van der Waals surface area contributed by atoms with Crippen LogP contribution in [0.4, 0.5) is 4.39 Å². The van der Waals surface area contributed by atoms with E-state index < -0.39 is 0 Å². The highest BCUT2D eigenvalue weighted by Gasteiger charge is 2.19. The zero-order valence-electron chi connectivity index (χ0n) is 11.2. The van der Waals surface area contributed by atoms with E-state index in [1.165, 1.54) is 18.2 Å². The highest BCUT2D eigenvalue weighted by Crippen LogP contribution is 2.26. The van der Waals surface area contributed by atoms with Crippen LogP contribution in [0.25, 0.3) is 11.0 Å². The Kier molecular flexibility index (Phi) is 2.89. The molecule has 102 valence electrons. The van der Waals surface area contributed by atoms with Crippen molar-refractivity contribution in [2.24, 2.45) is 7.05 Å². The number of benzene rings is 1. The summed E-state index contributed by atoms with van der Waals surface area (Å²) in [5.74, 6) is 0.438. The van der Waals surface area contributed by atoms with Crippen molar-refractivity contribution in [3.8, 4) is 0 Å². The summed E-state index contributed by atoms with van der Waals surface area (Å²) in [5, 5.41) is 0.633. The van der Waals surface area contributed by atoms with Crippen LogP contribution in [0.5, 0.6) is 0 Å². The zero-order chi connectivity index (χ0) is 14.3. The van der Waals surface area contributed by atoms with Gasteiger partial charge in [0.1, 0.15) is 17.2 Å². The molecule has 0 amide bonds. The molecule has 1 aromatic carbocycles. The molecule has 2 aromatic heterocycles. The molecular formula is C15H13FN2O2. The molecule has 0 spiro atoms. The highest BCUT2D eigenvalue weighted by molar-refractivity contribution is 6.00. The average molecular weight is 272 g/mol. The third kappa shape index (κ3) is 2.01. The molecule has 0 bridgehead atoms. The first-order valence-corrected chi connectivity index (χ1v) is 6.24. The molecule has 2 heterocycles. The molecule has 0 N–H and O–H groups in total. The molecule has 0 atom stereocenters. The van der Waals surface area contributed by atoms with Crippen molar-refractivity contribution in [1.82, 2.24) is 9.55 Å². The zero-order valence-corrected chi connectivity index (χ0v) is 11.2. The fraction of sp³-hybridized carbons (Fsp3) is 0.200. The molecular weight excluding hydrogens is 259 g/mol. The second-order valence-electron chi connectivity index (χ2n) is 4.75. The van der Waals surface area contributed by atoms with Crippen LogP contribution in [0.2, 0.25) is 0 Å². The summed E-state index contributed by atoms with van der Waals surface area (Å²) in [7, 11) is 1.83. The van der Waals surface area contributed by atoms with Crippen molar-refractivity contribution in [3.05, 3.63) is 53.6 Å². The molecule has 4 nitrogen and oxygen atoms in total. The van der Waals surface area contributed by atoms with E-state index in [9.17, 15) is 9.18 Å². The van der Waals surface area contributed by atoms with Gasteiger partial charge in [-0.25, -0.2) is 9.37 Å². The summed E-state index contributed by atoms with van der Waals surface area (Å²) in [5.41, 5.74) is 1.19. The first-order chi connectivity index (χ1) is 9.56. The predicted octanol–water partition coefficient (Wildman–Crippen LogP) is 3.04. The Morgan fingerprint density at radius 1 is 1.45 bits per heavy atom. The van der Waals surface area contributed by atoms with E-state index >= 15 is 0 Å². The number of ketones is 1. The van der Waals surface area contributed by atoms with Gasteiger partial charge in [0.05, 0.1) is 6.42 Å². The summed E-state index contributed by atoms with van der Waals surface area (Å²) < 4.78 is 20.6. The van der Waals surface area contributed by atoms with Gasteiger partial charge in [0.2, 0.25) is 5.78 Å². The van der Waals surface area contributed by atoms with E-state index in [4.69, 9.17) is 4.42 Å². The average Bonchev–Trinajstić information content (AvgIpc) is 2.95. The predicted molar refractivity (Wildman–Crippen MR) is 72.2 cm³/mol. The lowest BCUT2D eigenvalue weighted by atomic mass is 10.1. The summed E-state index contributed by atoms with van der Waals surface area (Å²) in [6.07, 6.45) is 3.58. The second kappa shape index (κ2) is 4.59. The van der Waals surface area contributed by atoms with Crippen LogP contribution in [-0.2, 0) is 13.5 Å². The highest BCUT2D eigenvalue weighted by atomic mass is 19.1. The van der Waals surface area contributed by atoms with Crippen LogP contribution in [0.15, 0.2) is 35.0 Å².